The SMILES string of the molecule is c1ccc(-c2ccc(-c3ccc(N(c4ccccc4)c4ccc(-c5ccccc5-n5c6ccccc6c6ccccc65)cc4-c4ccc5c(c4)oc4ccccc45)cc3)c3ccccc23)cc1. The largest absolute Gasteiger partial charge is 0.456 e. The van der Waals surface area contributed by atoms with Crippen LogP contribution in [0.15, 0.2) is 259 Å². The summed E-state index contributed by atoms with van der Waals surface area (Å²) < 4.78 is 8.97. The van der Waals surface area contributed by atoms with Gasteiger partial charge in [-0.15, -0.1) is 0 Å². The van der Waals surface area contributed by atoms with Gasteiger partial charge in [0.05, 0.1) is 22.4 Å². The molecule has 11 aromatic carbocycles. The maximum absolute atomic E-state index is 6.55. The third-order valence-electron chi connectivity index (χ3n) is 13.4. The Kier molecular flexibility index (Phi) is 9.17. The number of benzene rings is 11. The molecule has 0 aliphatic carbocycles. The Bertz CT molecular complexity index is 3920. The van der Waals surface area contributed by atoms with E-state index in [0.29, 0.717) is 0 Å². The van der Waals surface area contributed by atoms with Crippen molar-refractivity contribution < 1.29 is 4.42 Å². The zero-order valence-corrected chi connectivity index (χ0v) is 36.6. The molecule has 67 heavy (non-hydrogen) atoms. The summed E-state index contributed by atoms with van der Waals surface area (Å²) in [5.74, 6) is 0. The fraction of sp³-hybridized carbons (Fsp3) is 0. The molecule has 0 bridgehead atoms. The summed E-state index contributed by atoms with van der Waals surface area (Å²) in [5.41, 5.74) is 17.7. The van der Waals surface area contributed by atoms with E-state index in [9.17, 15) is 0 Å². The van der Waals surface area contributed by atoms with Crippen LogP contribution in [0.1, 0.15) is 0 Å². The molecular weight excluding hydrogens is 813 g/mol. The van der Waals surface area contributed by atoms with Crippen molar-refractivity contribution in [2.75, 3.05) is 4.90 Å². The van der Waals surface area contributed by atoms with Crippen molar-refractivity contribution >= 4 is 71.6 Å². The summed E-state index contributed by atoms with van der Waals surface area (Å²) in [6.07, 6.45) is 0. The van der Waals surface area contributed by atoms with Crippen molar-refractivity contribution in [3.05, 3.63) is 255 Å². The number of hydrogen-bond acceptors (Lipinski definition) is 2. The summed E-state index contributed by atoms with van der Waals surface area (Å²) >= 11 is 0. The van der Waals surface area contributed by atoms with E-state index in [1.807, 2.05) is 12.1 Å². The topological polar surface area (TPSA) is 21.3 Å². The maximum atomic E-state index is 6.55. The number of anilines is 3. The van der Waals surface area contributed by atoms with Gasteiger partial charge in [0.15, 0.2) is 0 Å². The minimum Gasteiger partial charge on any atom is -0.456 e. The van der Waals surface area contributed by atoms with E-state index in [0.717, 1.165) is 66.9 Å². The molecule has 2 aromatic heterocycles. The number of aromatic nitrogens is 1. The summed E-state index contributed by atoms with van der Waals surface area (Å²) in [6, 6.07) is 91.9. The molecule has 0 radical (unpaired) electrons. The van der Waals surface area contributed by atoms with Crippen LogP contribution in [0.4, 0.5) is 17.1 Å². The summed E-state index contributed by atoms with van der Waals surface area (Å²) in [4.78, 5) is 2.39. The molecule has 13 aromatic rings. The van der Waals surface area contributed by atoms with Gasteiger partial charge in [0.25, 0.3) is 0 Å². The van der Waals surface area contributed by atoms with E-state index in [4.69, 9.17) is 4.42 Å². The van der Waals surface area contributed by atoms with Crippen LogP contribution in [0, 0.1) is 0 Å². The predicted octanol–water partition coefficient (Wildman–Crippen LogP) is 18.0. The average Bonchev–Trinajstić information content (AvgIpc) is 3.95. The molecule has 0 aliphatic heterocycles. The van der Waals surface area contributed by atoms with Gasteiger partial charge in [-0.1, -0.05) is 182 Å². The molecule has 314 valence electrons. The molecule has 0 aliphatic rings. The van der Waals surface area contributed by atoms with E-state index in [-0.39, 0.29) is 0 Å². The molecule has 0 saturated heterocycles. The Balaban J connectivity index is 0.996. The first-order chi connectivity index (χ1) is 33.2. The zero-order chi connectivity index (χ0) is 44.3. The summed E-state index contributed by atoms with van der Waals surface area (Å²) in [6.45, 7) is 0. The Hall–Kier alpha value is -8.92. The van der Waals surface area contributed by atoms with Crippen molar-refractivity contribution in [2.45, 2.75) is 0 Å². The van der Waals surface area contributed by atoms with Crippen LogP contribution >= 0.6 is 0 Å². The smallest absolute Gasteiger partial charge is 0.136 e. The fourth-order valence-electron chi connectivity index (χ4n) is 10.3. The normalized spacial score (nSPS) is 11.6. The maximum Gasteiger partial charge on any atom is 0.136 e. The standard InChI is InChI=1S/C64H42N2O/c1-3-17-43(18-4-1)49-38-39-50(53-23-8-7-22-52(49)53)44-31-35-48(36-32-44)65(47-19-5-2-6-20-47)62-40-34-45(41-58(62)46-33-37-57-56-26-12-16-30-63(56)67-64(57)42-46)51-21-9-13-27-59(51)66-60-28-14-10-24-54(60)55-25-11-15-29-61(55)66/h1-42H. The minimum absolute atomic E-state index is 0.863. The van der Waals surface area contributed by atoms with E-state index >= 15 is 0 Å². The van der Waals surface area contributed by atoms with Gasteiger partial charge in [0, 0.05) is 44.0 Å². The first kappa shape index (κ1) is 38.5. The molecule has 3 nitrogen and oxygen atoms in total. The van der Waals surface area contributed by atoms with Crippen molar-refractivity contribution in [1.29, 1.82) is 0 Å². The molecular formula is C64H42N2O. The molecule has 0 N–H and O–H groups in total. The highest BCUT2D eigenvalue weighted by Gasteiger charge is 2.22. The zero-order valence-electron chi connectivity index (χ0n) is 36.6. The Morgan fingerprint density at radius 1 is 0.284 bits per heavy atom. The summed E-state index contributed by atoms with van der Waals surface area (Å²) in [7, 11) is 0. The molecule has 0 spiro atoms. The van der Waals surface area contributed by atoms with Gasteiger partial charge in [-0.05, 0) is 117 Å². The van der Waals surface area contributed by atoms with Crippen molar-refractivity contribution in [3.63, 3.8) is 0 Å². The van der Waals surface area contributed by atoms with Crippen LogP contribution in [-0.4, -0.2) is 4.57 Å². The molecule has 13 rings (SSSR count). The Morgan fingerprint density at radius 2 is 0.776 bits per heavy atom. The number of hydrogen-bond donors (Lipinski definition) is 0. The first-order valence-corrected chi connectivity index (χ1v) is 22.9. The average molecular weight is 855 g/mol. The molecule has 0 fully saturated rings. The minimum atomic E-state index is 0.863. The van der Waals surface area contributed by atoms with Gasteiger partial charge in [-0.3, -0.25) is 0 Å². The van der Waals surface area contributed by atoms with Crippen molar-refractivity contribution in [3.8, 4) is 50.2 Å². The third-order valence-corrected chi connectivity index (χ3v) is 13.4. The van der Waals surface area contributed by atoms with Gasteiger partial charge in [0.2, 0.25) is 0 Å². The fourth-order valence-corrected chi connectivity index (χ4v) is 10.3. The van der Waals surface area contributed by atoms with Crippen LogP contribution in [0.3, 0.4) is 0 Å². The second-order valence-electron chi connectivity index (χ2n) is 17.2. The molecule has 0 atom stereocenters. The highest BCUT2D eigenvalue weighted by molar-refractivity contribution is 6.10. The lowest BCUT2D eigenvalue weighted by Crippen LogP contribution is -2.11. The lowest BCUT2D eigenvalue weighted by Gasteiger charge is -2.29. The van der Waals surface area contributed by atoms with Crippen molar-refractivity contribution in [1.82, 2.24) is 4.57 Å². The third kappa shape index (κ3) is 6.51. The van der Waals surface area contributed by atoms with E-state index in [2.05, 4.69) is 252 Å². The molecule has 2 heterocycles. The monoisotopic (exact) mass is 854 g/mol. The van der Waals surface area contributed by atoms with Gasteiger partial charge in [-0.25, -0.2) is 0 Å². The Labute approximate surface area is 388 Å². The van der Waals surface area contributed by atoms with E-state index in [1.165, 1.54) is 54.8 Å². The lowest BCUT2D eigenvalue weighted by atomic mass is 9.92. The molecule has 0 unspecified atom stereocenters. The van der Waals surface area contributed by atoms with Gasteiger partial charge in [-0.2, -0.15) is 0 Å². The van der Waals surface area contributed by atoms with Gasteiger partial charge < -0.3 is 13.9 Å². The highest BCUT2D eigenvalue weighted by Crippen LogP contribution is 2.46. The number of fused-ring (bicyclic) bond motifs is 7. The molecule has 0 amide bonds. The predicted molar refractivity (Wildman–Crippen MR) is 282 cm³/mol. The number of furan rings is 1. The quantitative estimate of drug-likeness (QED) is 0.152. The van der Waals surface area contributed by atoms with Crippen LogP contribution < -0.4 is 4.90 Å². The number of nitrogens with zero attached hydrogens (tertiary/aromatic N) is 2. The van der Waals surface area contributed by atoms with Crippen LogP contribution in [0.5, 0.6) is 0 Å². The second kappa shape index (κ2) is 16.0. The molecule has 0 saturated carbocycles. The highest BCUT2D eigenvalue weighted by atomic mass is 16.3. The Morgan fingerprint density at radius 3 is 1.48 bits per heavy atom. The van der Waals surface area contributed by atoms with Gasteiger partial charge >= 0.3 is 0 Å². The van der Waals surface area contributed by atoms with Crippen LogP contribution in [0.2, 0.25) is 0 Å². The van der Waals surface area contributed by atoms with Crippen LogP contribution in [0.25, 0.3) is 105 Å². The van der Waals surface area contributed by atoms with E-state index < -0.39 is 0 Å². The first-order valence-electron chi connectivity index (χ1n) is 22.9. The second-order valence-corrected chi connectivity index (χ2v) is 17.2. The number of para-hydroxylation sites is 5. The molecule has 3 heteroatoms. The van der Waals surface area contributed by atoms with Crippen LogP contribution in [-0.2, 0) is 0 Å². The van der Waals surface area contributed by atoms with Gasteiger partial charge in [0.1, 0.15) is 11.2 Å². The summed E-state index contributed by atoms with van der Waals surface area (Å²) in [5, 5.41) is 7.18. The lowest BCUT2D eigenvalue weighted by molar-refractivity contribution is 0.669. The van der Waals surface area contributed by atoms with Crippen molar-refractivity contribution in [2.24, 2.45) is 0 Å². The van der Waals surface area contributed by atoms with E-state index in [1.54, 1.807) is 0 Å². The number of rotatable bonds is 8.